The Morgan fingerprint density at radius 2 is 2.10 bits per heavy atom. The van der Waals surface area contributed by atoms with Gasteiger partial charge in [0.05, 0.1) is 0 Å². The first kappa shape index (κ1) is 15.4. The van der Waals surface area contributed by atoms with E-state index in [1.54, 1.807) is 11.9 Å². The maximum absolute atomic E-state index is 12.0. The molecule has 1 aromatic carbocycles. The number of fused-ring (bicyclic) bond motifs is 1. The highest BCUT2D eigenvalue weighted by atomic mass is 16.2. The summed E-state index contributed by atoms with van der Waals surface area (Å²) < 4.78 is 0. The zero-order valence-corrected chi connectivity index (χ0v) is 12.9. The maximum atomic E-state index is 12.0. The summed E-state index contributed by atoms with van der Waals surface area (Å²) >= 11 is 0. The highest BCUT2D eigenvalue weighted by Crippen LogP contribution is 2.27. The van der Waals surface area contributed by atoms with Gasteiger partial charge in [-0.25, -0.2) is 4.79 Å². The average Bonchev–Trinajstić information content (AvgIpc) is 2.90. The van der Waals surface area contributed by atoms with Gasteiger partial charge < -0.3 is 20.9 Å². The Hall–Kier alpha value is -2.01. The fourth-order valence-corrected chi connectivity index (χ4v) is 2.47. The molecule has 1 heterocycles. The Morgan fingerprint density at radius 1 is 1.38 bits per heavy atom. The molecule has 2 aromatic rings. The van der Waals surface area contributed by atoms with Crippen LogP contribution in [0.4, 0.5) is 4.79 Å². The minimum atomic E-state index is -0.0837. The van der Waals surface area contributed by atoms with Crippen molar-refractivity contribution < 1.29 is 4.79 Å². The van der Waals surface area contributed by atoms with Gasteiger partial charge in [0.15, 0.2) is 0 Å². The van der Waals surface area contributed by atoms with Crippen molar-refractivity contribution in [2.75, 3.05) is 20.1 Å². The Balaban J connectivity index is 2.09. The number of nitrogens with zero attached hydrogens (tertiary/aromatic N) is 1. The molecule has 0 spiro atoms. The predicted octanol–water partition coefficient (Wildman–Crippen LogP) is 2.26. The molecular formula is C16H24N4O. The number of H-pyrrole nitrogens is 1. The summed E-state index contributed by atoms with van der Waals surface area (Å²) in [6, 6.07) is 8.16. The molecular weight excluding hydrogens is 264 g/mol. The molecule has 0 radical (unpaired) electrons. The first-order chi connectivity index (χ1) is 10.0. The number of nitrogens with two attached hydrogens (primary N) is 1. The number of urea groups is 1. The van der Waals surface area contributed by atoms with E-state index >= 15 is 0 Å². The van der Waals surface area contributed by atoms with Gasteiger partial charge in [-0.2, -0.15) is 0 Å². The number of carbonyl (C=O) groups is 1. The zero-order chi connectivity index (χ0) is 15.4. The van der Waals surface area contributed by atoms with Gasteiger partial charge in [-0.15, -0.1) is 0 Å². The normalized spacial score (nSPS) is 13.9. The molecule has 1 unspecified atom stereocenters. The van der Waals surface area contributed by atoms with Crippen LogP contribution in [0, 0.1) is 0 Å². The van der Waals surface area contributed by atoms with Crippen LogP contribution < -0.4 is 11.1 Å². The van der Waals surface area contributed by atoms with Gasteiger partial charge in [0.1, 0.15) is 0 Å². The van der Waals surface area contributed by atoms with E-state index in [0.29, 0.717) is 13.1 Å². The maximum Gasteiger partial charge on any atom is 0.317 e. The summed E-state index contributed by atoms with van der Waals surface area (Å²) in [6.45, 7) is 5.18. The SMILES string of the molecule is CC(c1c[nH]c2ccccc12)[C@H](C)NC(=O)N(C)CCN. The standard InChI is InChI=1S/C16H24N4O/c1-11(12(2)19-16(21)20(3)9-8-17)14-10-18-15-7-5-4-6-13(14)15/h4-7,10-12,18H,8-9,17H2,1-3H3,(H,19,21)/t11?,12-/m0/s1. The highest BCUT2D eigenvalue weighted by Gasteiger charge is 2.20. The summed E-state index contributed by atoms with van der Waals surface area (Å²) in [7, 11) is 1.76. The predicted molar refractivity (Wildman–Crippen MR) is 86.4 cm³/mol. The first-order valence-electron chi connectivity index (χ1n) is 7.32. The molecule has 21 heavy (non-hydrogen) atoms. The van der Waals surface area contributed by atoms with Gasteiger partial charge in [-0.3, -0.25) is 0 Å². The van der Waals surface area contributed by atoms with Gasteiger partial charge in [0, 0.05) is 49.2 Å². The summed E-state index contributed by atoms with van der Waals surface area (Å²) in [6.07, 6.45) is 2.03. The van der Waals surface area contributed by atoms with Crippen molar-refractivity contribution in [2.45, 2.75) is 25.8 Å². The minimum absolute atomic E-state index is 0.0388. The third kappa shape index (κ3) is 3.36. The molecule has 0 aliphatic carbocycles. The van der Waals surface area contributed by atoms with Crippen molar-refractivity contribution in [3.8, 4) is 0 Å². The molecule has 0 aliphatic rings. The quantitative estimate of drug-likeness (QED) is 0.789. The summed E-state index contributed by atoms with van der Waals surface area (Å²) in [5.41, 5.74) is 7.82. The van der Waals surface area contributed by atoms with Crippen molar-refractivity contribution >= 4 is 16.9 Å². The van der Waals surface area contributed by atoms with Crippen LogP contribution in [0.25, 0.3) is 10.9 Å². The van der Waals surface area contributed by atoms with Crippen molar-refractivity contribution in [2.24, 2.45) is 5.73 Å². The molecule has 5 heteroatoms. The van der Waals surface area contributed by atoms with Crippen LogP contribution in [0.15, 0.2) is 30.5 Å². The third-order valence-electron chi connectivity index (χ3n) is 4.02. The molecule has 0 bridgehead atoms. The second kappa shape index (κ2) is 6.63. The number of amides is 2. The van der Waals surface area contributed by atoms with Crippen molar-refractivity contribution in [3.05, 3.63) is 36.0 Å². The van der Waals surface area contributed by atoms with Gasteiger partial charge >= 0.3 is 6.03 Å². The number of aromatic amines is 1. The molecule has 5 nitrogen and oxygen atoms in total. The van der Waals surface area contributed by atoms with E-state index in [1.165, 1.54) is 10.9 Å². The fourth-order valence-electron chi connectivity index (χ4n) is 2.47. The number of likely N-dealkylation sites (N-methyl/N-ethyl adjacent to an activating group) is 1. The van der Waals surface area contributed by atoms with Crippen LogP contribution in [0.3, 0.4) is 0 Å². The average molecular weight is 288 g/mol. The molecule has 4 N–H and O–H groups in total. The van der Waals surface area contributed by atoms with Crippen LogP contribution in [0.2, 0.25) is 0 Å². The first-order valence-corrected chi connectivity index (χ1v) is 7.32. The Labute approximate surface area is 125 Å². The Bertz CT molecular complexity index is 607. The molecule has 2 rings (SSSR count). The number of hydrogen-bond acceptors (Lipinski definition) is 2. The van der Waals surface area contributed by atoms with Gasteiger partial charge in [-0.05, 0) is 18.6 Å². The van der Waals surface area contributed by atoms with Crippen LogP contribution in [-0.2, 0) is 0 Å². The largest absolute Gasteiger partial charge is 0.361 e. The van der Waals surface area contributed by atoms with Gasteiger partial charge in [0.2, 0.25) is 0 Å². The summed E-state index contributed by atoms with van der Waals surface area (Å²) in [5, 5.41) is 4.24. The summed E-state index contributed by atoms with van der Waals surface area (Å²) in [5.74, 6) is 0.219. The van der Waals surface area contributed by atoms with E-state index in [0.717, 1.165) is 5.52 Å². The number of para-hydroxylation sites is 1. The third-order valence-corrected chi connectivity index (χ3v) is 4.02. The highest BCUT2D eigenvalue weighted by molar-refractivity contribution is 5.83. The van der Waals surface area contributed by atoms with Gasteiger partial charge in [-0.1, -0.05) is 25.1 Å². The van der Waals surface area contributed by atoms with Gasteiger partial charge in [0.25, 0.3) is 0 Å². The van der Waals surface area contributed by atoms with E-state index in [-0.39, 0.29) is 18.0 Å². The number of nitrogens with one attached hydrogen (secondary N) is 2. The summed E-state index contributed by atoms with van der Waals surface area (Å²) in [4.78, 5) is 16.9. The number of carbonyl (C=O) groups excluding carboxylic acids is 1. The number of rotatable bonds is 5. The fraction of sp³-hybridized carbons (Fsp3) is 0.438. The molecule has 2 amide bonds. The van der Waals surface area contributed by atoms with Crippen molar-refractivity contribution in [3.63, 3.8) is 0 Å². The number of hydrogen-bond donors (Lipinski definition) is 3. The van der Waals surface area contributed by atoms with E-state index in [4.69, 9.17) is 5.73 Å². The molecule has 0 aliphatic heterocycles. The Morgan fingerprint density at radius 3 is 2.81 bits per heavy atom. The minimum Gasteiger partial charge on any atom is -0.361 e. The van der Waals surface area contributed by atoms with Crippen molar-refractivity contribution in [1.82, 2.24) is 15.2 Å². The lowest BCUT2D eigenvalue weighted by molar-refractivity contribution is 0.205. The molecule has 0 saturated carbocycles. The topological polar surface area (TPSA) is 74.2 Å². The van der Waals surface area contributed by atoms with Crippen LogP contribution in [0.1, 0.15) is 25.3 Å². The lowest BCUT2D eigenvalue weighted by Crippen LogP contribution is -2.45. The molecule has 1 aromatic heterocycles. The van der Waals surface area contributed by atoms with E-state index < -0.39 is 0 Å². The van der Waals surface area contributed by atoms with Crippen molar-refractivity contribution in [1.29, 1.82) is 0 Å². The molecule has 0 saturated heterocycles. The lowest BCUT2D eigenvalue weighted by Gasteiger charge is -2.25. The monoisotopic (exact) mass is 288 g/mol. The smallest absolute Gasteiger partial charge is 0.317 e. The van der Waals surface area contributed by atoms with E-state index in [9.17, 15) is 4.79 Å². The van der Waals surface area contributed by atoms with Crippen LogP contribution in [0.5, 0.6) is 0 Å². The molecule has 114 valence electrons. The van der Waals surface area contributed by atoms with Crippen LogP contribution >= 0.6 is 0 Å². The second-order valence-electron chi connectivity index (χ2n) is 5.53. The molecule has 0 fully saturated rings. The van der Waals surface area contributed by atoms with E-state index in [1.807, 2.05) is 25.3 Å². The van der Waals surface area contributed by atoms with E-state index in [2.05, 4.69) is 29.4 Å². The molecule has 2 atom stereocenters. The number of benzene rings is 1. The van der Waals surface area contributed by atoms with Crippen LogP contribution in [-0.4, -0.2) is 42.1 Å². The lowest BCUT2D eigenvalue weighted by atomic mass is 9.94. The number of aromatic nitrogens is 1. The zero-order valence-electron chi connectivity index (χ0n) is 12.9. The second-order valence-corrected chi connectivity index (χ2v) is 5.53. The Kier molecular flexibility index (Phi) is 4.85.